The summed E-state index contributed by atoms with van der Waals surface area (Å²) in [6, 6.07) is 5.58. The lowest BCUT2D eigenvalue weighted by atomic mass is 9.92. The van der Waals surface area contributed by atoms with Gasteiger partial charge in [0.25, 0.3) is 11.8 Å². The monoisotopic (exact) mass is 527 g/mol. The number of rotatable bonds is 5. The molecule has 0 unspecified atom stereocenters. The second-order valence-electron chi connectivity index (χ2n) is 10.9. The molecule has 0 spiro atoms. The molecule has 0 radical (unpaired) electrons. The van der Waals surface area contributed by atoms with E-state index >= 15 is 0 Å². The van der Waals surface area contributed by atoms with Gasteiger partial charge in [-0.2, -0.15) is 0 Å². The van der Waals surface area contributed by atoms with E-state index in [1.54, 1.807) is 13.0 Å². The van der Waals surface area contributed by atoms with E-state index in [-0.39, 0.29) is 23.1 Å². The Morgan fingerprint density at radius 2 is 1.73 bits per heavy atom. The number of anilines is 2. The molecule has 0 saturated carbocycles. The molecule has 0 atom stereocenters. The Bertz CT molecular complexity index is 1140. The number of aryl methyl sites for hydroxylation is 1. The third-order valence-electron chi connectivity index (χ3n) is 6.58. The molecule has 2 aliphatic rings. The van der Waals surface area contributed by atoms with Crippen LogP contribution in [0.25, 0.3) is 0 Å². The van der Waals surface area contributed by atoms with Crippen molar-refractivity contribution in [3.8, 4) is 0 Å². The number of amides is 3. The van der Waals surface area contributed by atoms with E-state index in [9.17, 15) is 14.4 Å². The largest absolute Gasteiger partial charge is 0.368 e. The summed E-state index contributed by atoms with van der Waals surface area (Å²) in [4.78, 5) is 45.6. The molecule has 0 aliphatic carbocycles. The predicted octanol–water partition coefficient (Wildman–Crippen LogP) is 2.62. The Morgan fingerprint density at radius 1 is 1.00 bits per heavy atom. The number of aromatic nitrogens is 2. The summed E-state index contributed by atoms with van der Waals surface area (Å²) in [7, 11) is 0. The first-order valence-electron chi connectivity index (χ1n) is 12.9. The second-order valence-corrected chi connectivity index (χ2v) is 11.6. The van der Waals surface area contributed by atoms with Gasteiger partial charge >= 0.3 is 0 Å². The Balaban J connectivity index is 1.55. The smallest absolute Gasteiger partial charge is 0.267 e. The van der Waals surface area contributed by atoms with Crippen LogP contribution in [0.2, 0.25) is 0 Å². The first-order chi connectivity index (χ1) is 17.6. The highest BCUT2D eigenvalue weighted by atomic mass is 32.1. The van der Waals surface area contributed by atoms with Crippen molar-refractivity contribution in [3.63, 3.8) is 0 Å². The SMILES string of the molecule is Cc1nnsc1C(=O)N1CCCN(c2ccc(C(=O)N3CCNCC3)cc2NC(=O)CC(C)(C)C)CC1. The van der Waals surface area contributed by atoms with Crippen molar-refractivity contribution < 1.29 is 14.4 Å². The van der Waals surface area contributed by atoms with Crippen LogP contribution in [-0.4, -0.2) is 89.5 Å². The van der Waals surface area contributed by atoms with E-state index in [4.69, 9.17) is 0 Å². The van der Waals surface area contributed by atoms with Crippen LogP contribution < -0.4 is 15.5 Å². The third kappa shape index (κ3) is 6.84. The summed E-state index contributed by atoms with van der Waals surface area (Å²) < 4.78 is 3.90. The van der Waals surface area contributed by atoms with Crippen molar-refractivity contribution in [2.45, 2.75) is 40.5 Å². The first-order valence-corrected chi connectivity index (χ1v) is 13.7. The van der Waals surface area contributed by atoms with E-state index in [2.05, 4.69) is 25.1 Å². The fourth-order valence-corrected chi connectivity index (χ4v) is 5.33. The molecule has 3 amide bonds. The maximum Gasteiger partial charge on any atom is 0.267 e. The van der Waals surface area contributed by atoms with Crippen molar-refractivity contribution in [2.75, 3.05) is 62.6 Å². The number of piperazine rings is 1. The number of nitrogens with zero attached hydrogens (tertiary/aromatic N) is 5. The highest BCUT2D eigenvalue weighted by Gasteiger charge is 2.26. The number of benzene rings is 1. The van der Waals surface area contributed by atoms with Crippen molar-refractivity contribution in [1.82, 2.24) is 24.7 Å². The molecule has 3 heterocycles. The Kier molecular flexibility index (Phi) is 8.43. The number of carbonyl (C=O) groups is 3. The van der Waals surface area contributed by atoms with Crippen LogP contribution in [0.3, 0.4) is 0 Å². The van der Waals surface area contributed by atoms with Gasteiger partial charge in [0, 0.05) is 64.3 Å². The molecule has 2 aromatic rings. The summed E-state index contributed by atoms with van der Waals surface area (Å²) in [5, 5.41) is 10.3. The molecular formula is C26H37N7O3S. The van der Waals surface area contributed by atoms with Gasteiger partial charge in [0.1, 0.15) is 4.88 Å². The van der Waals surface area contributed by atoms with E-state index in [0.717, 1.165) is 43.3 Å². The van der Waals surface area contributed by atoms with Gasteiger partial charge in [-0.15, -0.1) is 5.10 Å². The maximum atomic E-state index is 13.2. The number of carbonyl (C=O) groups excluding carboxylic acids is 3. The van der Waals surface area contributed by atoms with E-state index in [0.29, 0.717) is 61.0 Å². The quantitative estimate of drug-likeness (QED) is 0.615. The highest BCUT2D eigenvalue weighted by Crippen LogP contribution is 2.30. The summed E-state index contributed by atoms with van der Waals surface area (Å²) in [6.45, 7) is 13.3. The topological polar surface area (TPSA) is 111 Å². The highest BCUT2D eigenvalue weighted by molar-refractivity contribution is 7.07. The van der Waals surface area contributed by atoms with Gasteiger partial charge in [-0.05, 0) is 48.5 Å². The zero-order chi connectivity index (χ0) is 26.6. The molecule has 10 nitrogen and oxygen atoms in total. The summed E-state index contributed by atoms with van der Waals surface area (Å²) >= 11 is 1.13. The number of hydrogen-bond donors (Lipinski definition) is 2. The van der Waals surface area contributed by atoms with Crippen LogP contribution in [0.1, 0.15) is 59.3 Å². The summed E-state index contributed by atoms with van der Waals surface area (Å²) in [6.07, 6.45) is 1.15. The average molecular weight is 528 g/mol. The average Bonchev–Trinajstić information content (AvgIpc) is 3.13. The van der Waals surface area contributed by atoms with E-state index < -0.39 is 0 Å². The van der Waals surface area contributed by atoms with Crippen molar-refractivity contribution in [3.05, 3.63) is 34.3 Å². The van der Waals surface area contributed by atoms with E-state index in [1.165, 1.54) is 0 Å². The van der Waals surface area contributed by atoms with Crippen LogP contribution >= 0.6 is 11.5 Å². The lowest BCUT2D eigenvalue weighted by Crippen LogP contribution is -2.46. The fourth-order valence-electron chi connectivity index (χ4n) is 4.70. The molecule has 2 aliphatic heterocycles. The molecule has 0 bridgehead atoms. The molecule has 2 fully saturated rings. The number of nitrogens with one attached hydrogen (secondary N) is 2. The first kappa shape index (κ1) is 27.0. The van der Waals surface area contributed by atoms with E-state index in [1.807, 2.05) is 42.7 Å². The normalized spacial score (nSPS) is 16.9. The molecule has 1 aromatic heterocycles. The van der Waals surface area contributed by atoms with Gasteiger partial charge in [0.15, 0.2) is 0 Å². The molecule has 4 rings (SSSR count). The molecular weight excluding hydrogens is 490 g/mol. The Labute approximate surface area is 222 Å². The molecule has 11 heteroatoms. The Morgan fingerprint density at radius 3 is 2.41 bits per heavy atom. The van der Waals surface area contributed by atoms with Crippen LogP contribution in [0.4, 0.5) is 11.4 Å². The summed E-state index contributed by atoms with van der Waals surface area (Å²) in [5.41, 5.74) is 2.56. The van der Waals surface area contributed by atoms with Gasteiger partial charge in [-0.25, -0.2) is 0 Å². The molecule has 2 saturated heterocycles. The standard InChI is InChI=1S/C26H37N7O3S/c1-18-23(37-30-29-18)25(36)32-11-5-10-31(14-15-32)21-7-6-19(24(35)33-12-8-27-9-13-33)16-20(21)28-22(34)17-26(2,3)4/h6-7,16,27H,5,8-15,17H2,1-4H3,(H,28,34). The fraction of sp³-hybridized carbons (Fsp3) is 0.577. The van der Waals surface area contributed by atoms with Crippen LogP contribution in [0.15, 0.2) is 18.2 Å². The predicted molar refractivity (Wildman–Crippen MR) is 145 cm³/mol. The molecule has 2 N–H and O–H groups in total. The minimum absolute atomic E-state index is 0.0273. The van der Waals surface area contributed by atoms with Gasteiger partial charge in [-0.3, -0.25) is 14.4 Å². The maximum absolute atomic E-state index is 13.2. The number of hydrogen-bond acceptors (Lipinski definition) is 8. The zero-order valence-corrected chi connectivity index (χ0v) is 23.0. The minimum atomic E-state index is -0.161. The van der Waals surface area contributed by atoms with Gasteiger partial charge in [0.2, 0.25) is 5.91 Å². The van der Waals surface area contributed by atoms with Gasteiger partial charge in [0.05, 0.1) is 17.1 Å². The molecule has 1 aromatic carbocycles. The molecule has 37 heavy (non-hydrogen) atoms. The van der Waals surface area contributed by atoms with Gasteiger partial charge < -0.3 is 25.3 Å². The van der Waals surface area contributed by atoms with Crippen LogP contribution in [0.5, 0.6) is 0 Å². The lowest BCUT2D eigenvalue weighted by Gasteiger charge is -2.29. The molecule has 200 valence electrons. The summed E-state index contributed by atoms with van der Waals surface area (Å²) in [5.74, 6) is -0.147. The van der Waals surface area contributed by atoms with Crippen molar-refractivity contribution in [1.29, 1.82) is 0 Å². The van der Waals surface area contributed by atoms with Crippen molar-refractivity contribution in [2.24, 2.45) is 5.41 Å². The van der Waals surface area contributed by atoms with Crippen LogP contribution in [-0.2, 0) is 4.79 Å². The zero-order valence-electron chi connectivity index (χ0n) is 22.2. The van der Waals surface area contributed by atoms with Gasteiger partial charge in [-0.1, -0.05) is 25.3 Å². The third-order valence-corrected chi connectivity index (χ3v) is 7.40. The lowest BCUT2D eigenvalue weighted by molar-refractivity contribution is -0.117. The van der Waals surface area contributed by atoms with Crippen molar-refractivity contribution >= 4 is 40.6 Å². The Hall–Kier alpha value is -3.05. The second kappa shape index (κ2) is 11.6. The van der Waals surface area contributed by atoms with Crippen LogP contribution in [0, 0.1) is 12.3 Å². The minimum Gasteiger partial charge on any atom is -0.368 e.